The number of aryl methyl sites for hydroxylation is 1. The molecule has 0 unspecified atom stereocenters. The largest absolute Gasteiger partial charge is 0.484 e. The molecule has 4 aromatic rings. The second-order valence-electron chi connectivity index (χ2n) is 7.10. The third-order valence-corrected chi connectivity index (χ3v) is 4.85. The number of rotatable bonds is 7. The first kappa shape index (κ1) is 20.9. The van der Waals surface area contributed by atoms with Gasteiger partial charge in [0.05, 0.1) is 17.5 Å². The van der Waals surface area contributed by atoms with Crippen LogP contribution in [0.25, 0.3) is 16.8 Å². The van der Waals surface area contributed by atoms with Gasteiger partial charge >= 0.3 is 0 Å². The average molecular weight is 426 g/mol. The van der Waals surface area contributed by atoms with Crippen molar-refractivity contribution >= 4 is 12.1 Å². The van der Waals surface area contributed by atoms with Crippen LogP contribution >= 0.6 is 0 Å². The number of ether oxygens (including phenoxy) is 1. The van der Waals surface area contributed by atoms with Crippen molar-refractivity contribution in [1.29, 1.82) is 0 Å². The fraction of sp³-hybridized carbons (Fsp3) is 0.0800. The summed E-state index contributed by atoms with van der Waals surface area (Å²) in [5, 5.41) is 6.90. The molecule has 0 aliphatic carbocycles. The number of amides is 1. The zero-order valence-corrected chi connectivity index (χ0v) is 17.5. The highest BCUT2D eigenvalue weighted by molar-refractivity contribution is 5.83. The van der Waals surface area contributed by atoms with Gasteiger partial charge in [-0.05, 0) is 42.3 Å². The second-order valence-corrected chi connectivity index (χ2v) is 7.10. The van der Waals surface area contributed by atoms with Crippen LogP contribution in [0.15, 0.2) is 94.8 Å². The minimum absolute atomic E-state index is 0.192. The van der Waals surface area contributed by atoms with Crippen molar-refractivity contribution in [2.75, 3.05) is 6.61 Å². The Morgan fingerprint density at radius 3 is 2.28 bits per heavy atom. The smallest absolute Gasteiger partial charge is 0.280 e. The van der Waals surface area contributed by atoms with Gasteiger partial charge < -0.3 is 4.74 Å². The zero-order chi connectivity index (χ0) is 22.3. The Bertz CT molecular complexity index is 1270. The van der Waals surface area contributed by atoms with E-state index in [0.29, 0.717) is 17.0 Å². The molecule has 1 amide bonds. The van der Waals surface area contributed by atoms with Crippen molar-refractivity contribution in [3.05, 3.63) is 107 Å². The third kappa shape index (κ3) is 4.84. The van der Waals surface area contributed by atoms with E-state index in [4.69, 9.17) is 4.74 Å². The Kier molecular flexibility index (Phi) is 6.27. The number of aromatic nitrogens is 2. The lowest BCUT2D eigenvalue weighted by Gasteiger charge is -2.06. The number of hydrazone groups is 1. The van der Waals surface area contributed by atoms with E-state index in [0.717, 1.165) is 16.8 Å². The van der Waals surface area contributed by atoms with Gasteiger partial charge in [0.25, 0.3) is 11.5 Å². The molecule has 0 fully saturated rings. The van der Waals surface area contributed by atoms with Gasteiger partial charge in [0, 0.05) is 5.69 Å². The van der Waals surface area contributed by atoms with Gasteiger partial charge in [-0.25, -0.2) is 10.1 Å². The molecule has 1 heterocycles. The first-order valence-corrected chi connectivity index (χ1v) is 10.1. The maximum Gasteiger partial charge on any atom is 0.280 e. The molecule has 160 valence electrons. The lowest BCUT2D eigenvalue weighted by Crippen LogP contribution is -2.25. The highest BCUT2D eigenvalue weighted by Gasteiger charge is 2.10. The summed E-state index contributed by atoms with van der Waals surface area (Å²) >= 11 is 0. The third-order valence-electron chi connectivity index (χ3n) is 4.85. The summed E-state index contributed by atoms with van der Waals surface area (Å²) in [6, 6.07) is 26.7. The molecular formula is C25H22N4O3. The van der Waals surface area contributed by atoms with Crippen LogP contribution in [0.2, 0.25) is 0 Å². The molecule has 0 aliphatic heterocycles. The first-order chi connectivity index (χ1) is 15.6. The Labute approximate surface area is 185 Å². The van der Waals surface area contributed by atoms with E-state index < -0.39 is 5.91 Å². The van der Waals surface area contributed by atoms with E-state index in [1.54, 1.807) is 6.92 Å². The molecule has 0 spiro atoms. The summed E-state index contributed by atoms with van der Waals surface area (Å²) in [4.78, 5) is 24.7. The van der Waals surface area contributed by atoms with Crippen LogP contribution < -0.4 is 15.7 Å². The summed E-state index contributed by atoms with van der Waals surface area (Å²) in [5.74, 6) is 0.154. The van der Waals surface area contributed by atoms with Gasteiger partial charge in [0.15, 0.2) is 6.61 Å². The maximum absolute atomic E-state index is 12.6. The van der Waals surface area contributed by atoms with E-state index in [1.807, 2.05) is 84.9 Å². The molecule has 2 N–H and O–H groups in total. The molecule has 4 rings (SSSR count). The number of benzene rings is 3. The number of H-pyrrole nitrogens is 1. The van der Waals surface area contributed by atoms with Gasteiger partial charge in [-0.2, -0.15) is 5.10 Å². The Morgan fingerprint density at radius 2 is 1.59 bits per heavy atom. The average Bonchev–Trinajstić information content (AvgIpc) is 3.12. The van der Waals surface area contributed by atoms with Crippen LogP contribution in [0.4, 0.5) is 0 Å². The van der Waals surface area contributed by atoms with Crippen molar-refractivity contribution in [1.82, 2.24) is 15.2 Å². The van der Waals surface area contributed by atoms with Gasteiger partial charge in [-0.15, -0.1) is 0 Å². The van der Waals surface area contributed by atoms with E-state index >= 15 is 0 Å². The molecule has 0 saturated carbocycles. The Hall–Kier alpha value is -4.39. The number of hydrogen-bond donors (Lipinski definition) is 2. The number of carbonyl (C=O) groups is 1. The number of para-hydroxylation sites is 1. The normalized spacial score (nSPS) is 10.9. The summed E-state index contributed by atoms with van der Waals surface area (Å²) in [6.45, 7) is 1.58. The topological polar surface area (TPSA) is 88.5 Å². The maximum atomic E-state index is 12.6. The van der Waals surface area contributed by atoms with Crippen LogP contribution in [-0.2, 0) is 4.79 Å². The predicted octanol–water partition coefficient (Wildman–Crippen LogP) is 3.67. The minimum atomic E-state index is -0.426. The predicted molar refractivity (Wildman–Crippen MR) is 124 cm³/mol. The quantitative estimate of drug-likeness (QED) is 0.349. The monoisotopic (exact) mass is 426 g/mol. The van der Waals surface area contributed by atoms with Gasteiger partial charge in [0.1, 0.15) is 5.75 Å². The lowest BCUT2D eigenvalue weighted by atomic mass is 10.1. The molecule has 0 atom stereocenters. The SMILES string of the molecule is Cc1[nH]n(-c2ccccc2)c(=O)c1C=NNC(=O)COc1ccc(-c2ccccc2)cc1. The van der Waals surface area contributed by atoms with Crippen molar-refractivity contribution in [2.45, 2.75) is 6.92 Å². The van der Waals surface area contributed by atoms with Crippen molar-refractivity contribution in [2.24, 2.45) is 5.10 Å². The van der Waals surface area contributed by atoms with Crippen molar-refractivity contribution in [3.63, 3.8) is 0 Å². The number of nitrogens with zero attached hydrogens (tertiary/aromatic N) is 2. The fourth-order valence-electron chi connectivity index (χ4n) is 3.19. The zero-order valence-electron chi connectivity index (χ0n) is 17.5. The molecule has 0 aliphatic rings. The Morgan fingerprint density at radius 1 is 0.969 bits per heavy atom. The molecule has 32 heavy (non-hydrogen) atoms. The number of hydrogen-bond acceptors (Lipinski definition) is 4. The van der Waals surface area contributed by atoms with Gasteiger partial charge in [0.2, 0.25) is 0 Å². The number of carbonyl (C=O) groups excluding carboxylic acids is 1. The van der Waals surface area contributed by atoms with E-state index in [-0.39, 0.29) is 12.2 Å². The number of nitrogens with one attached hydrogen (secondary N) is 2. The molecular weight excluding hydrogens is 404 g/mol. The summed E-state index contributed by atoms with van der Waals surface area (Å²) in [5.41, 5.74) is 6.04. The van der Waals surface area contributed by atoms with Crippen LogP contribution in [0.5, 0.6) is 5.75 Å². The summed E-state index contributed by atoms with van der Waals surface area (Å²) in [7, 11) is 0. The molecule has 0 bridgehead atoms. The molecule has 0 saturated heterocycles. The molecule has 1 aromatic heterocycles. The first-order valence-electron chi connectivity index (χ1n) is 10.1. The van der Waals surface area contributed by atoms with Gasteiger partial charge in [-0.3, -0.25) is 14.7 Å². The van der Waals surface area contributed by atoms with Crippen LogP contribution in [0, 0.1) is 6.92 Å². The van der Waals surface area contributed by atoms with Crippen LogP contribution in [0.3, 0.4) is 0 Å². The van der Waals surface area contributed by atoms with E-state index in [9.17, 15) is 9.59 Å². The van der Waals surface area contributed by atoms with Crippen LogP contribution in [0.1, 0.15) is 11.3 Å². The van der Waals surface area contributed by atoms with E-state index in [2.05, 4.69) is 15.6 Å². The molecule has 0 radical (unpaired) electrons. The summed E-state index contributed by atoms with van der Waals surface area (Å²) in [6.07, 6.45) is 1.33. The summed E-state index contributed by atoms with van der Waals surface area (Å²) < 4.78 is 6.94. The lowest BCUT2D eigenvalue weighted by molar-refractivity contribution is -0.123. The standard InChI is InChI=1S/C25H22N4O3/c1-18-23(25(31)29(28-18)21-10-6-3-7-11-21)16-26-27-24(30)17-32-22-14-12-20(13-15-22)19-8-4-2-5-9-19/h2-16,28H,17H2,1H3,(H,27,30). The highest BCUT2D eigenvalue weighted by Crippen LogP contribution is 2.21. The minimum Gasteiger partial charge on any atom is -0.484 e. The number of aromatic amines is 1. The molecule has 7 nitrogen and oxygen atoms in total. The van der Waals surface area contributed by atoms with Crippen molar-refractivity contribution < 1.29 is 9.53 Å². The highest BCUT2D eigenvalue weighted by atomic mass is 16.5. The van der Waals surface area contributed by atoms with Gasteiger partial charge in [-0.1, -0.05) is 60.7 Å². The van der Waals surface area contributed by atoms with E-state index in [1.165, 1.54) is 10.9 Å². The second kappa shape index (κ2) is 9.61. The fourth-order valence-corrected chi connectivity index (χ4v) is 3.19. The van der Waals surface area contributed by atoms with Crippen LogP contribution in [-0.4, -0.2) is 28.5 Å². The molecule has 3 aromatic carbocycles. The molecule has 7 heteroatoms. The van der Waals surface area contributed by atoms with Crippen molar-refractivity contribution in [3.8, 4) is 22.6 Å². The Balaban J connectivity index is 1.33.